The van der Waals surface area contributed by atoms with Crippen LogP contribution >= 0.6 is 11.6 Å². The van der Waals surface area contributed by atoms with Gasteiger partial charge < -0.3 is 19.6 Å². The first-order chi connectivity index (χ1) is 12.1. The summed E-state index contributed by atoms with van der Waals surface area (Å²) in [4.78, 5) is 16.9. The van der Waals surface area contributed by atoms with Crippen LogP contribution in [0.1, 0.15) is 18.1 Å². The second-order valence-electron chi connectivity index (χ2n) is 5.42. The molecule has 130 valence electrons. The molecule has 0 atom stereocenters. The molecule has 1 heterocycles. The van der Waals surface area contributed by atoms with Gasteiger partial charge in [-0.05, 0) is 42.8 Å². The summed E-state index contributed by atoms with van der Waals surface area (Å²) in [7, 11) is 0. The van der Waals surface area contributed by atoms with Crippen LogP contribution in [0.25, 0.3) is 0 Å². The number of nitrogens with one attached hydrogen (secondary N) is 1. The summed E-state index contributed by atoms with van der Waals surface area (Å²) in [5, 5.41) is 7.34. The topological polar surface area (TPSA) is 69.2 Å². The van der Waals surface area contributed by atoms with Crippen molar-refractivity contribution in [2.75, 3.05) is 13.4 Å². The van der Waals surface area contributed by atoms with Crippen LogP contribution in [-0.4, -0.2) is 25.0 Å². The average molecular weight is 361 g/mol. The summed E-state index contributed by atoms with van der Waals surface area (Å²) < 4.78 is 10.6. The van der Waals surface area contributed by atoms with E-state index in [0.717, 1.165) is 11.1 Å². The van der Waals surface area contributed by atoms with E-state index in [4.69, 9.17) is 25.9 Å². The number of oxime groups is 1. The van der Waals surface area contributed by atoms with Gasteiger partial charge in [-0.15, -0.1) is 0 Å². The summed E-state index contributed by atoms with van der Waals surface area (Å²) in [6.07, 6.45) is 0. The molecule has 6 nitrogen and oxygen atoms in total. The predicted octanol–water partition coefficient (Wildman–Crippen LogP) is 3.13. The van der Waals surface area contributed by atoms with Crippen LogP contribution in [0.3, 0.4) is 0 Å². The van der Waals surface area contributed by atoms with Crippen molar-refractivity contribution in [1.82, 2.24) is 5.32 Å². The predicted molar refractivity (Wildman–Crippen MR) is 94.0 cm³/mol. The second-order valence-corrected chi connectivity index (χ2v) is 5.86. The number of amides is 1. The Morgan fingerprint density at radius 2 is 2.08 bits per heavy atom. The van der Waals surface area contributed by atoms with Gasteiger partial charge in [0.25, 0.3) is 5.91 Å². The monoisotopic (exact) mass is 360 g/mol. The van der Waals surface area contributed by atoms with Crippen LogP contribution in [0, 0.1) is 0 Å². The number of carbonyl (C=O) groups is 1. The zero-order valence-corrected chi connectivity index (χ0v) is 14.4. The standard InChI is InChI=1S/C18H17ClN2O4/c1-12(14-5-6-16-17(8-14)24-11-23-16)21-25-10-18(22)20-9-13-3-2-4-15(19)7-13/h2-8H,9-11H2,1H3,(H,20,22)/b21-12+. The highest BCUT2D eigenvalue weighted by Gasteiger charge is 2.14. The Balaban J connectivity index is 1.47. The minimum absolute atomic E-state index is 0.164. The van der Waals surface area contributed by atoms with E-state index >= 15 is 0 Å². The molecule has 0 radical (unpaired) electrons. The van der Waals surface area contributed by atoms with E-state index in [1.807, 2.05) is 30.3 Å². The van der Waals surface area contributed by atoms with Gasteiger partial charge in [-0.2, -0.15) is 0 Å². The molecule has 7 heteroatoms. The Morgan fingerprint density at radius 3 is 2.92 bits per heavy atom. The number of ether oxygens (including phenoxy) is 2. The molecule has 0 aliphatic carbocycles. The number of hydrogen-bond donors (Lipinski definition) is 1. The van der Waals surface area contributed by atoms with Gasteiger partial charge in [0.05, 0.1) is 5.71 Å². The molecule has 1 aliphatic rings. The molecule has 0 saturated heterocycles. The van der Waals surface area contributed by atoms with Gasteiger partial charge in [0.15, 0.2) is 18.1 Å². The third-order valence-corrected chi connectivity index (χ3v) is 3.80. The molecule has 2 aromatic rings. The molecule has 0 bridgehead atoms. The van der Waals surface area contributed by atoms with E-state index in [2.05, 4.69) is 10.5 Å². The summed E-state index contributed by atoms with van der Waals surface area (Å²) in [5.41, 5.74) is 2.39. The molecule has 1 aliphatic heterocycles. The number of hydrogen-bond acceptors (Lipinski definition) is 5. The van der Waals surface area contributed by atoms with Crippen molar-refractivity contribution >= 4 is 23.2 Å². The first-order valence-electron chi connectivity index (χ1n) is 7.69. The van der Waals surface area contributed by atoms with Crippen molar-refractivity contribution in [3.05, 3.63) is 58.6 Å². The number of halogens is 1. The van der Waals surface area contributed by atoms with Gasteiger partial charge in [-0.3, -0.25) is 4.79 Å². The Kier molecular flexibility index (Phi) is 5.40. The highest BCUT2D eigenvalue weighted by atomic mass is 35.5. The molecule has 0 saturated carbocycles. The molecular formula is C18H17ClN2O4. The fourth-order valence-electron chi connectivity index (χ4n) is 2.26. The summed E-state index contributed by atoms with van der Waals surface area (Å²) >= 11 is 5.90. The molecule has 0 unspecified atom stereocenters. The quantitative estimate of drug-likeness (QED) is 0.634. The van der Waals surface area contributed by atoms with Crippen molar-refractivity contribution in [3.8, 4) is 11.5 Å². The van der Waals surface area contributed by atoms with Crippen LogP contribution < -0.4 is 14.8 Å². The highest BCUT2D eigenvalue weighted by Crippen LogP contribution is 2.32. The van der Waals surface area contributed by atoms with Crippen LogP contribution in [0.2, 0.25) is 5.02 Å². The van der Waals surface area contributed by atoms with E-state index < -0.39 is 0 Å². The van der Waals surface area contributed by atoms with Gasteiger partial charge in [0.1, 0.15) is 0 Å². The van der Waals surface area contributed by atoms with Crippen molar-refractivity contribution < 1.29 is 19.1 Å². The Labute approximate surface area is 150 Å². The van der Waals surface area contributed by atoms with Gasteiger partial charge >= 0.3 is 0 Å². The zero-order chi connectivity index (χ0) is 17.6. The first-order valence-corrected chi connectivity index (χ1v) is 8.07. The summed E-state index contributed by atoms with van der Waals surface area (Å²) in [6.45, 7) is 2.23. The number of benzene rings is 2. The lowest BCUT2D eigenvalue weighted by molar-refractivity contribution is -0.125. The van der Waals surface area contributed by atoms with Crippen LogP contribution in [-0.2, 0) is 16.2 Å². The van der Waals surface area contributed by atoms with E-state index in [9.17, 15) is 4.79 Å². The minimum Gasteiger partial charge on any atom is -0.454 e. The molecule has 0 aromatic heterocycles. The molecule has 1 N–H and O–H groups in total. The van der Waals surface area contributed by atoms with Crippen molar-refractivity contribution in [3.63, 3.8) is 0 Å². The summed E-state index contributed by atoms with van der Waals surface area (Å²) in [5.74, 6) is 1.12. The Morgan fingerprint density at radius 1 is 1.24 bits per heavy atom. The number of rotatable bonds is 6. The summed E-state index contributed by atoms with van der Waals surface area (Å²) in [6, 6.07) is 12.8. The largest absolute Gasteiger partial charge is 0.454 e. The number of fused-ring (bicyclic) bond motifs is 1. The maximum Gasteiger partial charge on any atom is 0.261 e. The fourth-order valence-corrected chi connectivity index (χ4v) is 2.47. The van der Waals surface area contributed by atoms with Crippen LogP contribution in [0.5, 0.6) is 11.5 Å². The van der Waals surface area contributed by atoms with E-state index in [1.54, 1.807) is 19.1 Å². The van der Waals surface area contributed by atoms with E-state index in [0.29, 0.717) is 28.8 Å². The van der Waals surface area contributed by atoms with Gasteiger partial charge in [0, 0.05) is 17.1 Å². The minimum atomic E-state index is -0.262. The molecule has 1 amide bonds. The second kappa shape index (κ2) is 7.90. The number of carbonyl (C=O) groups excluding carboxylic acids is 1. The first kappa shape index (κ1) is 17.1. The zero-order valence-electron chi connectivity index (χ0n) is 13.6. The highest BCUT2D eigenvalue weighted by molar-refractivity contribution is 6.30. The average Bonchev–Trinajstić information content (AvgIpc) is 3.07. The van der Waals surface area contributed by atoms with Crippen LogP contribution in [0.4, 0.5) is 0 Å². The fraction of sp³-hybridized carbons (Fsp3) is 0.222. The Hall–Kier alpha value is -2.73. The van der Waals surface area contributed by atoms with Gasteiger partial charge in [-0.25, -0.2) is 0 Å². The van der Waals surface area contributed by atoms with Gasteiger partial charge in [-0.1, -0.05) is 28.9 Å². The number of nitrogens with zero attached hydrogens (tertiary/aromatic N) is 1. The van der Waals surface area contributed by atoms with Crippen molar-refractivity contribution in [2.24, 2.45) is 5.16 Å². The van der Waals surface area contributed by atoms with Crippen LogP contribution in [0.15, 0.2) is 47.6 Å². The molecule has 3 rings (SSSR count). The normalized spacial score (nSPS) is 12.8. The van der Waals surface area contributed by atoms with Crippen molar-refractivity contribution in [2.45, 2.75) is 13.5 Å². The molecule has 2 aromatic carbocycles. The lowest BCUT2D eigenvalue weighted by Crippen LogP contribution is -2.26. The van der Waals surface area contributed by atoms with E-state index in [1.165, 1.54) is 0 Å². The molecule has 0 fully saturated rings. The smallest absolute Gasteiger partial charge is 0.261 e. The third kappa shape index (κ3) is 4.64. The maximum absolute atomic E-state index is 11.8. The Bertz CT molecular complexity index is 807. The van der Waals surface area contributed by atoms with Gasteiger partial charge in [0.2, 0.25) is 6.79 Å². The van der Waals surface area contributed by atoms with Crippen molar-refractivity contribution in [1.29, 1.82) is 0 Å². The molecule has 0 spiro atoms. The third-order valence-electron chi connectivity index (χ3n) is 3.57. The lowest BCUT2D eigenvalue weighted by atomic mass is 10.1. The lowest BCUT2D eigenvalue weighted by Gasteiger charge is -2.06. The van der Waals surface area contributed by atoms with E-state index in [-0.39, 0.29) is 19.3 Å². The maximum atomic E-state index is 11.8. The molecular weight excluding hydrogens is 344 g/mol. The molecule has 25 heavy (non-hydrogen) atoms. The SMILES string of the molecule is C/C(=N\OCC(=O)NCc1cccc(Cl)c1)c1ccc2c(c1)OCO2.